The summed E-state index contributed by atoms with van der Waals surface area (Å²) in [6, 6.07) is 5.32. The highest BCUT2D eigenvalue weighted by Gasteiger charge is 2.45. The van der Waals surface area contributed by atoms with Gasteiger partial charge in [-0.3, -0.25) is 4.79 Å². The van der Waals surface area contributed by atoms with Crippen LogP contribution < -0.4 is 10.5 Å². The van der Waals surface area contributed by atoms with Gasteiger partial charge in [-0.1, -0.05) is 0 Å². The Morgan fingerprint density at radius 1 is 1.50 bits per heavy atom. The zero-order valence-electron chi connectivity index (χ0n) is 9.04. The number of rotatable bonds is 2. The van der Waals surface area contributed by atoms with Crippen LogP contribution in [0, 0.1) is 11.3 Å². The van der Waals surface area contributed by atoms with Gasteiger partial charge in [0.25, 0.3) is 5.91 Å². The molecule has 0 spiro atoms. The molecule has 1 aliphatic rings. The second-order valence-corrected chi connectivity index (χ2v) is 5.46. The third kappa shape index (κ3) is 1.74. The lowest BCUT2D eigenvalue weighted by molar-refractivity contribution is -0.133. The van der Waals surface area contributed by atoms with Crippen LogP contribution in [0.2, 0.25) is 0 Å². The first-order chi connectivity index (χ1) is 8.29. The summed E-state index contributed by atoms with van der Waals surface area (Å²) in [5, 5.41) is 26.1. The minimum atomic E-state index is -3.94. The molecule has 0 radical (unpaired) electrons. The zero-order chi connectivity index (χ0) is 13.6. The monoisotopic (exact) mass is 267 g/mol. The molecule has 1 atom stereocenters. The van der Waals surface area contributed by atoms with E-state index < -0.39 is 28.0 Å². The van der Waals surface area contributed by atoms with Gasteiger partial charge in [-0.15, -0.1) is 0 Å². The Hall–Kier alpha value is -1.95. The summed E-state index contributed by atoms with van der Waals surface area (Å²) >= 11 is 0. The molecule has 7 nitrogen and oxygen atoms in total. The molecule has 0 saturated carbocycles. The lowest BCUT2D eigenvalue weighted by Gasteiger charge is -2.17. The Kier molecular flexibility index (Phi) is 2.62. The Morgan fingerprint density at radius 3 is 2.72 bits per heavy atom. The van der Waals surface area contributed by atoms with Gasteiger partial charge in [-0.25, -0.2) is 13.6 Å². The Labute approximate surface area is 103 Å². The number of aliphatic hydroxyl groups is 1. The lowest BCUT2D eigenvalue weighted by atomic mass is 9.92. The molecule has 1 aromatic carbocycles. The third-order valence-electron chi connectivity index (χ3n) is 2.72. The number of amides is 1. The summed E-state index contributed by atoms with van der Waals surface area (Å²) in [7, 11) is -3.94. The molecule has 1 aliphatic heterocycles. The maximum absolute atomic E-state index is 11.6. The summed E-state index contributed by atoms with van der Waals surface area (Å²) in [5.74, 6) is -0.759. The zero-order valence-corrected chi connectivity index (χ0v) is 9.86. The van der Waals surface area contributed by atoms with Gasteiger partial charge < -0.3 is 10.4 Å². The van der Waals surface area contributed by atoms with E-state index in [1.165, 1.54) is 12.1 Å². The molecule has 0 fully saturated rings. The van der Waals surface area contributed by atoms with E-state index in [2.05, 4.69) is 5.32 Å². The number of hydrogen-bond acceptors (Lipinski definition) is 5. The van der Waals surface area contributed by atoms with Crippen molar-refractivity contribution in [1.29, 1.82) is 5.26 Å². The van der Waals surface area contributed by atoms with Crippen molar-refractivity contribution < 1.29 is 18.3 Å². The standard InChI is InChI=1S/C10H9N3O4S/c11-4-3-10(15)7-5-6(18(12,16)17)1-2-8(7)13-9(10)14/h1-2,5,15H,3H2,(H,13,14)(H2,12,16,17). The maximum Gasteiger partial charge on any atom is 0.262 e. The average molecular weight is 267 g/mol. The van der Waals surface area contributed by atoms with E-state index >= 15 is 0 Å². The van der Waals surface area contributed by atoms with Gasteiger partial charge >= 0.3 is 0 Å². The van der Waals surface area contributed by atoms with Crippen LogP contribution in [0.5, 0.6) is 0 Å². The van der Waals surface area contributed by atoms with Gasteiger partial charge in [0.1, 0.15) is 0 Å². The van der Waals surface area contributed by atoms with Gasteiger partial charge in [0.2, 0.25) is 10.0 Å². The highest BCUT2D eigenvalue weighted by Crippen LogP contribution is 2.39. The molecule has 0 bridgehead atoms. The number of hydrogen-bond donors (Lipinski definition) is 3. The summed E-state index contributed by atoms with van der Waals surface area (Å²) in [4.78, 5) is 11.4. The van der Waals surface area contributed by atoms with Crippen molar-refractivity contribution in [2.45, 2.75) is 16.9 Å². The molecule has 1 amide bonds. The number of primary sulfonamides is 1. The van der Waals surface area contributed by atoms with E-state index in [0.717, 1.165) is 6.07 Å². The van der Waals surface area contributed by atoms with Crippen LogP contribution in [-0.4, -0.2) is 19.4 Å². The highest BCUT2D eigenvalue weighted by molar-refractivity contribution is 7.89. The molecule has 0 aromatic heterocycles. The fraction of sp³-hybridized carbons (Fsp3) is 0.200. The number of anilines is 1. The first-order valence-corrected chi connectivity index (χ1v) is 6.42. The minimum Gasteiger partial charge on any atom is -0.374 e. The van der Waals surface area contributed by atoms with Crippen molar-refractivity contribution in [2.75, 3.05) is 5.32 Å². The summed E-state index contributed by atoms with van der Waals surface area (Å²) < 4.78 is 22.4. The predicted molar refractivity (Wildman–Crippen MR) is 60.6 cm³/mol. The minimum absolute atomic E-state index is 0.0422. The van der Waals surface area contributed by atoms with Crippen LogP contribution in [0.15, 0.2) is 23.1 Å². The Balaban J connectivity index is 2.64. The molecule has 1 heterocycles. The fourth-order valence-corrected chi connectivity index (χ4v) is 2.33. The number of carbonyl (C=O) groups is 1. The SMILES string of the molecule is N#CCC1(O)C(=O)Nc2ccc(S(N)(=O)=O)cc21. The molecule has 94 valence electrons. The number of fused-ring (bicyclic) bond motifs is 1. The fourth-order valence-electron chi connectivity index (χ4n) is 1.79. The summed E-state index contributed by atoms with van der Waals surface area (Å²) in [5.41, 5.74) is -1.73. The number of nitrogens with one attached hydrogen (secondary N) is 1. The second kappa shape index (κ2) is 3.78. The Bertz CT molecular complexity index is 677. The van der Waals surface area contributed by atoms with Crippen LogP contribution in [-0.2, 0) is 20.4 Å². The molecule has 4 N–H and O–H groups in total. The van der Waals surface area contributed by atoms with Crippen LogP contribution >= 0.6 is 0 Å². The maximum atomic E-state index is 11.6. The van der Waals surface area contributed by atoms with Crippen molar-refractivity contribution in [1.82, 2.24) is 0 Å². The summed E-state index contributed by atoms with van der Waals surface area (Å²) in [6.07, 6.45) is -0.472. The first-order valence-electron chi connectivity index (χ1n) is 4.87. The molecule has 0 saturated heterocycles. The number of benzene rings is 1. The van der Waals surface area contributed by atoms with Crippen LogP contribution in [0.4, 0.5) is 5.69 Å². The van der Waals surface area contributed by atoms with Gasteiger partial charge in [0, 0.05) is 11.3 Å². The predicted octanol–water partition coefficient (Wildman–Crippen LogP) is -0.613. The van der Waals surface area contributed by atoms with Gasteiger partial charge in [-0.2, -0.15) is 5.26 Å². The van der Waals surface area contributed by atoms with E-state index in [1.54, 1.807) is 6.07 Å². The molecular weight excluding hydrogens is 258 g/mol. The van der Waals surface area contributed by atoms with E-state index in [9.17, 15) is 18.3 Å². The molecule has 2 rings (SSSR count). The van der Waals surface area contributed by atoms with E-state index in [0.29, 0.717) is 0 Å². The molecular formula is C10H9N3O4S. The average Bonchev–Trinajstić information content (AvgIpc) is 2.50. The van der Waals surface area contributed by atoms with E-state index in [1.807, 2.05) is 0 Å². The lowest BCUT2D eigenvalue weighted by Crippen LogP contribution is -2.33. The van der Waals surface area contributed by atoms with Crippen molar-refractivity contribution in [3.05, 3.63) is 23.8 Å². The van der Waals surface area contributed by atoms with Crippen molar-refractivity contribution in [3.63, 3.8) is 0 Å². The Morgan fingerprint density at radius 2 is 2.17 bits per heavy atom. The first kappa shape index (κ1) is 12.5. The quantitative estimate of drug-likeness (QED) is 0.657. The summed E-state index contributed by atoms with van der Waals surface area (Å²) in [6.45, 7) is 0. The third-order valence-corrected chi connectivity index (χ3v) is 3.63. The van der Waals surface area contributed by atoms with Crippen molar-refractivity contribution >= 4 is 21.6 Å². The van der Waals surface area contributed by atoms with Crippen LogP contribution in [0.1, 0.15) is 12.0 Å². The van der Waals surface area contributed by atoms with E-state index in [-0.39, 0.29) is 16.1 Å². The van der Waals surface area contributed by atoms with Crippen molar-refractivity contribution in [3.8, 4) is 6.07 Å². The topological polar surface area (TPSA) is 133 Å². The van der Waals surface area contributed by atoms with Crippen LogP contribution in [0.3, 0.4) is 0 Å². The number of nitrogens with zero attached hydrogens (tertiary/aromatic N) is 1. The van der Waals surface area contributed by atoms with Crippen molar-refractivity contribution in [2.24, 2.45) is 5.14 Å². The molecule has 1 unspecified atom stereocenters. The normalized spacial score (nSPS) is 22.2. The van der Waals surface area contributed by atoms with Crippen LogP contribution in [0.25, 0.3) is 0 Å². The number of carbonyl (C=O) groups excluding carboxylic acids is 1. The van der Waals surface area contributed by atoms with Gasteiger partial charge in [0.15, 0.2) is 5.60 Å². The second-order valence-electron chi connectivity index (χ2n) is 3.90. The largest absolute Gasteiger partial charge is 0.374 e. The van der Waals surface area contributed by atoms with Gasteiger partial charge in [-0.05, 0) is 18.2 Å². The molecule has 18 heavy (non-hydrogen) atoms. The molecule has 1 aromatic rings. The number of nitriles is 1. The molecule has 8 heteroatoms. The number of nitrogens with two attached hydrogens (primary N) is 1. The van der Waals surface area contributed by atoms with E-state index in [4.69, 9.17) is 10.4 Å². The number of sulfonamides is 1. The highest BCUT2D eigenvalue weighted by atomic mass is 32.2. The molecule has 0 aliphatic carbocycles. The smallest absolute Gasteiger partial charge is 0.262 e. The van der Waals surface area contributed by atoms with Gasteiger partial charge in [0.05, 0.1) is 17.4 Å².